The quantitative estimate of drug-likeness (QED) is 0.166. The summed E-state index contributed by atoms with van der Waals surface area (Å²) in [6, 6.07) is 23.0. The SMILES string of the molecule is O=C(O)c1ccc2c(c1)nc(-c1ccc(OCc3cc(C(=O)NC4CCC4)ccc3-c3ccc(Cl)cc3)cc1F)n2C1CCCCC1. The average Bonchev–Trinajstić information content (AvgIpc) is 3.44. The van der Waals surface area contributed by atoms with Crippen LogP contribution in [0.5, 0.6) is 5.75 Å². The normalized spacial score (nSPS) is 15.4. The molecule has 0 atom stereocenters. The molecule has 0 unspecified atom stereocenters. The predicted octanol–water partition coefficient (Wildman–Crippen LogP) is 9.23. The van der Waals surface area contributed by atoms with Gasteiger partial charge in [0.1, 0.15) is 24.0 Å². The highest BCUT2D eigenvalue weighted by molar-refractivity contribution is 6.30. The third-order valence-electron chi connectivity index (χ3n) is 9.42. The summed E-state index contributed by atoms with van der Waals surface area (Å²) in [5.74, 6) is -0.817. The van der Waals surface area contributed by atoms with Gasteiger partial charge in [0.25, 0.3) is 5.91 Å². The molecule has 0 spiro atoms. The van der Waals surface area contributed by atoms with Crippen LogP contribution in [0, 0.1) is 5.82 Å². The fourth-order valence-corrected chi connectivity index (χ4v) is 6.77. The van der Waals surface area contributed by atoms with E-state index in [1.807, 2.05) is 42.5 Å². The van der Waals surface area contributed by atoms with Gasteiger partial charge >= 0.3 is 5.97 Å². The van der Waals surface area contributed by atoms with Gasteiger partial charge in [0.15, 0.2) is 0 Å². The summed E-state index contributed by atoms with van der Waals surface area (Å²) in [7, 11) is 0. The van der Waals surface area contributed by atoms with Crippen LogP contribution in [0.4, 0.5) is 4.39 Å². The number of carboxylic acid groups (broad SMARTS) is 1. The Balaban J connectivity index is 1.19. The molecule has 2 aliphatic carbocycles. The molecule has 1 heterocycles. The van der Waals surface area contributed by atoms with Gasteiger partial charge in [-0.15, -0.1) is 0 Å². The van der Waals surface area contributed by atoms with Gasteiger partial charge in [-0.1, -0.05) is 49.1 Å². The lowest BCUT2D eigenvalue weighted by atomic mass is 9.92. The molecule has 2 saturated carbocycles. The number of fused-ring (bicyclic) bond motifs is 1. The smallest absolute Gasteiger partial charge is 0.335 e. The zero-order valence-corrected chi connectivity index (χ0v) is 26.6. The monoisotopic (exact) mass is 651 g/mol. The van der Waals surface area contributed by atoms with Crippen LogP contribution in [0.2, 0.25) is 5.02 Å². The number of carbonyl (C=O) groups is 2. The highest BCUT2D eigenvalue weighted by Crippen LogP contribution is 2.38. The topological polar surface area (TPSA) is 93.5 Å². The van der Waals surface area contributed by atoms with Crippen molar-refractivity contribution >= 4 is 34.5 Å². The number of halogens is 2. The van der Waals surface area contributed by atoms with Crippen LogP contribution >= 0.6 is 11.6 Å². The van der Waals surface area contributed by atoms with Gasteiger partial charge < -0.3 is 19.7 Å². The van der Waals surface area contributed by atoms with Gasteiger partial charge in [-0.2, -0.15) is 0 Å². The van der Waals surface area contributed by atoms with Crippen molar-refractivity contribution in [3.8, 4) is 28.3 Å². The Morgan fingerprint density at radius 1 is 0.872 bits per heavy atom. The Bertz CT molecular complexity index is 1960. The molecule has 9 heteroatoms. The first kappa shape index (κ1) is 30.9. The van der Waals surface area contributed by atoms with E-state index in [4.69, 9.17) is 21.3 Å². The van der Waals surface area contributed by atoms with E-state index >= 15 is 4.39 Å². The fourth-order valence-electron chi connectivity index (χ4n) is 6.65. The number of aromatic nitrogens is 2. The highest BCUT2D eigenvalue weighted by Gasteiger charge is 2.25. The summed E-state index contributed by atoms with van der Waals surface area (Å²) in [4.78, 5) is 29.4. The van der Waals surface area contributed by atoms with Crippen LogP contribution in [0.25, 0.3) is 33.5 Å². The van der Waals surface area contributed by atoms with Crippen LogP contribution in [0.3, 0.4) is 0 Å². The lowest BCUT2D eigenvalue weighted by Crippen LogP contribution is -2.39. The summed E-state index contributed by atoms with van der Waals surface area (Å²) in [5.41, 5.74) is 4.94. The summed E-state index contributed by atoms with van der Waals surface area (Å²) in [6.07, 6.45) is 8.33. The predicted molar refractivity (Wildman–Crippen MR) is 181 cm³/mol. The Morgan fingerprint density at radius 2 is 1.62 bits per heavy atom. The number of amides is 1. The molecule has 0 saturated heterocycles. The Morgan fingerprint density at radius 3 is 2.32 bits per heavy atom. The van der Waals surface area contributed by atoms with Crippen molar-refractivity contribution in [2.24, 2.45) is 0 Å². The number of hydrogen-bond donors (Lipinski definition) is 2. The van der Waals surface area contributed by atoms with Crippen molar-refractivity contribution in [3.05, 3.63) is 106 Å². The van der Waals surface area contributed by atoms with E-state index in [9.17, 15) is 14.7 Å². The van der Waals surface area contributed by atoms with Crippen LogP contribution in [0.1, 0.15) is 83.7 Å². The minimum absolute atomic E-state index is 0.111. The van der Waals surface area contributed by atoms with Gasteiger partial charge in [-0.05, 0) is 103 Å². The van der Waals surface area contributed by atoms with Gasteiger partial charge in [0.2, 0.25) is 0 Å². The number of rotatable bonds is 9. The van der Waals surface area contributed by atoms with Gasteiger partial charge in [0, 0.05) is 28.7 Å². The van der Waals surface area contributed by atoms with Crippen molar-refractivity contribution < 1.29 is 23.8 Å². The van der Waals surface area contributed by atoms with E-state index in [-0.39, 0.29) is 30.2 Å². The molecule has 7 rings (SSSR count). The molecular formula is C38H35ClFN3O4. The van der Waals surface area contributed by atoms with Gasteiger partial charge in [0.05, 0.1) is 22.2 Å². The van der Waals surface area contributed by atoms with E-state index < -0.39 is 11.8 Å². The summed E-state index contributed by atoms with van der Waals surface area (Å²) in [6.45, 7) is 0.111. The average molecular weight is 652 g/mol. The largest absolute Gasteiger partial charge is 0.489 e. The van der Waals surface area contributed by atoms with Crippen molar-refractivity contribution in [3.63, 3.8) is 0 Å². The Hall–Kier alpha value is -4.69. The second-order valence-electron chi connectivity index (χ2n) is 12.5. The number of carboxylic acids is 1. The second-order valence-corrected chi connectivity index (χ2v) is 13.0. The summed E-state index contributed by atoms with van der Waals surface area (Å²) >= 11 is 6.14. The number of carbonyl (C=O) groups excluding carboxylic acids is 1. The number of nitrogens with one attached hydrogen (secondary N) is 1. The molecule has 240 valence electrons. The van der Waals surface area contributed by atoms with Gasteiger partial charge in [-0.25, -0.2) is 14.2 Å². The van der Waals surface area contributed by atoms with Crippen molar-refractivity contribution in [1.82, 2.24) is 14.9 Å². The molecule has 0 radical (unpaired) electrons. The number of hydrogen-bond acceptors (Lipinski definition) is 4. The fraction of sp³-hybridized carbons (Fsp3) is 0.289. The van der Waals surface area contributed by atoms with E-state index in [0.29, 0.717) is 33.2 Å². The third-order valence-corrected chi connectivity index (χ3v) is 9.67. The maximum Gasteiger partial charge on any atom is 0.335 e. The Kier molecular flexibility index (Phi) is 8.69. The molecule has 4 aromatic carbocycles. The molecule has 2 aliphatic rings. The lowest BCUT2D eigenvalue weighted by molar-refractivity contribution is 0.0696. The van der Waals surface area contributed by atoms with E-state index in [0.717, 1.165) is 73.6 Å². The molecule has 0 bridgehead atoms. The molecular weight excluding hydrogens is 617 g/mol. The molecule has 0 aliphatic heterocycles. The zero-order chi connectivity index (χ0) is 32.5. The van der Waals surface area contributed by atoms with Gasteiger partial charge in [-0.3, -0.25) is 4.79 Å². The first-order valence-electron chi connectivity index (χ1n) is 16.2. The second kappa shape index (κ2) is 13.2. The van der Waals surface area contributed by atoms with Crippen LogP contribution < -0.4 is 10.1 Å². The lowest BCUT2D eigenvalue weighted by Gasteiger charge is -2.26. The molecule has 1 aromatic heterocycles. The van der Waals surface area contributed by atoms with E-state index in [1.165, 1.54) is 6.07 Å². The third kappa shape index (κ3) is 6.47. The summed E-state index contributed by atoms with van der Waals surface area (Å²) < 4.78 is 24.2. The number of nitrogens with zero attached hydrogens (tertiary/aromatic N) is 2. The molecule has 1 amide bonds. The van der Waals surface area contributed by atoms with Crippen molar-refractivity contribution in [2.45, 2.75) is 70.1 Å². The standard InChI is InChI=1S/C38H35ClFN3O4/c39-27-13-9-23(10-14-27)31-16-11-24(37(44)41-28-5-4-6-28)19-26(31)22-47-30-15-17-32(33(40)21-30)36-42-34-20-25(38(45)46)12-18-35(34)43(36)29-7-2-1-3-8-29/h9-21,28-29H,1-8,22H2,(H,41,44)(H,45,46). The maximum atomic E-state index is 16.0. The van der Waals surface area contributed by atoms with E-state index in [2.05, 4.69) is 9.88 Å². The van der Waals surface area contributed by atoms with Crippen molar-refractivity contribution in [1.29, 1.82) is 0 Å². The zero-order valence-electron chi connectivity index (χ0n) is 25.8. The minimum atomic E-state index is -1.03. The van der Waals surface area contributed by atoms with Crippen molar-refractivity contribution in [2.75, 3.05) is 0 Å². The van der Waals surface area contributed by atoms with Crippen LogP contribution in [-0.4, -0.2) is 32.6 Å². The Labute approximate surface area is 277 Å². The van der Waals surface area contributed by atoms with Crippen LogP contribution in [0.15, 0.2) is 78.9 Å². The minimum Gasteiger partial charge on any atom is -0.489 e. The molecule has 2 fully saturated rings. The van der Waals surface area contributed by atoms with Crippen LogP contribution in [-0.2, 0) is 6.61 Å². The number of imidazole rings is 1. The van der Waals surface area contributed by atoms with E-state index in [1.54, 1.807) is 30.3 Å². The summed E-state index contributed by atoms with van der Waals surface area (Å²) in [5, 5.41) is 13.3. The first-order valence-corrected chi connectivity index (χ1v) is 16.6. The number of benzene rings is 4. The molecule has 47 heavy (non-hydrogen) atoms. The first-order chi connectivity index (χ1) is 22.8. The number of ether oxygens (including phenoxy) is 1. The maximum absolute atomic E-state index is 16.0. The molecule has 7 nitrogen and oxygen atoms in total. The highest BCUT2D eigenvalue weighted by atomic mass is 35.5. The molecule has 5 aromatic rings. The number of aromatic carboxylic acids is 1. The molecule has 2 N–H and O–H groups in total.